The molecule has 1 spiro atoms. The van der Waals surface area contributed by atoms with Crippen LogP contribution < -0.4 is 5.32 Å². The van der Waals surface area contributed by atoms with E-state index >= 15 is 4.79 Å². The number of unbranched alkanes of at least 4 members (excludes halogenated alkanes) is 2. The number of cyclic esters (lactones) is 1. The molecular weight excluding hydrogens is 598 g/mol. The van der Waals surface area contributed by atoms with E-state index in [-0.39, 0.29) is 55.3 Å². The number of rotatable bonds is 8. The lowest BCUT2D eigenvalue weighted by atomic mass is 9.73. The topological polar surface area (TPSA) is 125 Å². The van der Waals surface area contributed by atoms with Crippen molar-refractivity contribution in [2.75, 3.05) is 26.3 Å². The van der Waals surface area contributed by atoms with Gasteiger partial charge in [-0.25, -0.2) is 0 Å². The van der Waals surface area contributed by atoms with Gasteiger partial charge in [-0.2, -0.15) is 0 Å². The van der Waals surface area contributed by atoms with Gasteiger partial charge in [-0.1, -0.05) is 75.4 Å². The van der Waals surface area contributed by atoms with E-state index in [1.807, 2.05) is 73.4 Å². The van der Waals surface area contributed by atoms with Crippen molar-refractivity contribution >= 4 is 23.7 Å². The molecule has 4 heterocycles. The zero-order valence-electron chi connectivity index (χ0n) is 28.4. The number of hydrogen-bond donors (Lipinski definition) is 2. The molecule has 10 heteroatoms. The van der Waals surface area contributed by atoms with Crippen LogP contribution in [-0.2, 0) is 28.7 Å². The van der Waals surface area contributed by atoms with Crippen LogP contribution in [0.4, 0.5) is 0 Å². The van der Waals surface area contributed by atoms with Crippen molar-refractivity contribution in [3.8, 4) is 0 Å². The van der Waals surface area contributed by atoms with E-state index in [0.29, 0.717) is 38.6 Å². The highest BCUT2D eigenvalue weighted by molar-refractivity contribution is 6.00. The SMILES string of the molecule is CC(C)(C)CC(C)(C)N1C/C=C\CCC(=O)OC[C@H](c2ccccc2)NC(=O)[C@@H]2[C@H]3C(=O)N(CCCCCO)[C@H](C1=O)[C@]31C=C[C@H]2O1. The zero-order valence-corrected chi connectivity index (χ0v) is 28.4. The first kappa shape index (κ1) is 34.8. The highest BCUT2D eigenvalue weighted by Gasteiger charge is 2.73. The first-order chi connectivity index (χ1) is 22.3. The number of aliphatic hydroxyl groups excluding tert-OH is 1. The Kier molecular flexibility index (Phi) is 10.3. The molecule has 6 atom stereocenters. The van der Waals surface area contributed by atoms with E-state index in [9.17, 15) is 19.5 Å². The number of nitrogens with zero attached hydrogens (tertiary/aromatic N) is 2. The molecule has 0 radical (unpaired) electrons. The van der Waals surface area contributed by atoms with E-state index in [1.165, 1.54) is 0 Å². The molecule has 10 nitrogen and oxygen atoms in total. The molecule has 0 saturated carbocycles. The van der Waals surface area contributed by atoms with E-state index in [1.54, 1.807) is 4.90 Å². The highest BCUT2D eigenvalue weighted by atomic mass is 16.5. The molecule has 1 aromatic carbocycles. The van der Waals surface area contributed by atoms with E-state index in [0.717, 1.165) is 5.56 Å². The maximum Gasteiger partial charge on any atom is 0.306 e. The number of allylic oxidation sites excluding steroid dienone is 1. The van der Waals surface area contributed by atoms with Crippen LogP contribution in [0.2, 0.25) is 0 Å². The van der Waals surface area contributed by atoms with Crippen molar-refractivity contribution < 1.29 is 33.8 Å². The number of aliphatic hydroxyl groups is 1. The maximum atomic E-state index is 15.0. The van der Waals surface area contributed by atoms with Gasteiger partial charge in [0.2, 0.25) is 17.7 Å². The summed E-state index contributed by atoms with van der Waals surface area (Å²) in [5.41, 5.74) is -1.21. The molecule has 4 aliphatic heterocycles. The van der Waals surface area contributed by atoms with Gasteiger partial charge in [0.1, 0.15) is 18.2 Å². The Morgan fingerprint density at radius 2 is 1.72 bits per heavy atom. The largest absolute Gasteiger partial charge is 0.463 e. The van der Waals surface area contributed by atoms with Crippen molar-refractivity contribution in [3.63, 3.8) is 0 Å². The van der Waals surface area contributed by atoms with E-state index in [4.69, 9.17) is 9.47 Å². The highest BCUT2D eigenvalue weighted by Crippen LogP contribution is 2.56. The minimum atomic E-state index is -1.29. The lowest BCUT2D eigenvalue weighted by Crippen LogP contribution is -2.60. The summed E-state index contributed by atoms with van der Waals surface area (Å²) in [6.07, 6.45) is 9.99. The smallest absolute Gasteiger partial charge is 0.306 e. The molecule has 2 fully saturated rings. The summed E-state index contributed by atoms with van der Waals surface area (Å²) in [5, 5.41) is 12.4. The summed E-state index contributed by atoms with van der Waals surface area (Å²) in [6.45, 7) is 11.1. The number of hydrogen-bond acceptors (Lipinski definition) is 7. The predicted octanol–water partition coefficient (Wildman–Crippen LogP) is 4.09. The van der Waals surface area contributed by atoms with Crippen LogP contribution in [0.5, 0.6) is 0 Å². The third-order valence-corrected chi connectivity index (χ3v) is 9.83. The first-order valence-electron chi connectivity index (χ1n) is 17.0. The van der Waals surface area contributed by atoms with Crippen molar-refractivity contribution in [2.24, 2.45) is 17.3 Å². The van der Waals surface area contributed by atoms with Crippen LogP contribution in [0.1, 0.15) is 84.7 Å². The van der Waals surface area contributed by atoms with Crippen molar-refractivity contribution in [2.45, 2.75) is 102 Å². The van der Waals surface area contributed by atoms with Gasteiger partial charge in [0.05, 0.1) is 24.0 Å². The molecule has 2 saturated heterocycles. The van der Waals surface area contributed by atoms with Crippen molar-refractivity contribution in [1.82, 2.24) is 15.1 Å². The summed E-state index contributed by atoms with van der Waals surface area (Å²) in [7, 11) is 0. The summed E-state index contributed by atoms with van der Waals surface area (Å²) >= 11 is 0. The van der Waals surface area contributed by atoms with Crippen LogP contribution >= 0.6 is 0 Å². The second-order valence-corrected chi connectivity index (χ2v) is 15.2. The molecule has 256 valence electrons. The lowest BCUT2D eigenvalue weighted by Gasteiger charge is -2.45. The standard InChI is InChI=1S/C37H51N3O7/c1-35(2,3)24-36(4,5)40-21-13-7-11-17-28(42)46-23-26(25-15-9-6-10-16-25)38-32(43)29-27-18-19-37(47-27)30(29)33(44)39(31(37)34(40)45)20-12-8-14-22-41/h6-7,9-10,13,15-16,18-19,26-27,29-31,41H,8,11-12,14,17,20-24H2,1-5H3,(H,38,43)/b13-7-/t26-,27-,29+,30+,31-,37+/m1/s1. The Hall–Kier alpha value is -3.50. The number of benzene rings is 1. The number of fused-ring (bicyclic) bond motifs is 2. The number of likely N-dealkylation sites (tertiary alicyclic amines) is 1. The molecule has 2 N–H and O–H groups in total. The van der Waals surface area contributed by atoms with Gasteiger partial charge in [0.25, 0.3) is 0 Å². The van der Waals surface area contributed by atoms with Gasteiger partial charge < -0.3 is 29.7 Å². The number of ether oxygens (including phenoxy) is 2. The Balaban J connectivity index is 1.57. The third-order valence-electron chi connectivity index (χ3n) is 9.83. The average molecular weight is 650 g/mol. The molecule has 3 amide bonds. The molecule has 47 heavy (non-hydrogen) atoms. The summed E-state index contributed by atoms with van der Waals surface area (Å²) in [4.78, 5) is 59.9. The van der Waals surface area contributed by atoms with Crippen LogP contribution in [0, 0.1) is 17.3 Å². The number of carbonyl (C=O) groups excluding carboxylic acids is 4. The van der Waals surface area contributed by atoms with Gasteiger partial charge in [0, 0.05) is 31.7 Å². The fraction of sp³-hybridized carbons (Fsp3) is 0.622. The fourth-order valence-corrected chi connectivity index (χ4v) is 8.16. The zero-order chi connectivity index (χ0) is 34.0. The second kappa shape index (κ2) is 13.9. The molecule has 5 bridgehead atoms. The molecule has 0 aromatic heterocycles. The second-order valence-electron chi connectivity index (χ2n) is 15.2. The molecular formula is C37H51N3O7. The van der Waals surface area contributed by atoms with E-state index < -0.39 is 41.2 Å². The monoisotopic (exact) mass is 649 g/mol. The van der Waals surface area contributed by atoms with Crippen LogP contribution in [0.15, 0.2) is 54.6 Å². The Labute approximate surface area is 278 Å². The number of carbonyl (C=O) groups is 4. The minimum absolute atomic E-state index is 0.0526. The van der Waals surface area contributed by atoms with Crippen LogP contribution in [0.3, 0.4) is 0 Å². The molecule has 0 aliphatic carbocycles. The fourth-order valence-electron chi connectivity index (χ4n) is 8.16. The van der Waals surface area contributed by atoms with Gasteiger partial charge in [-0.15, -0.1) is 0 Å². The summed E-state index contributed by atoms with van der Waals surface area (Å²) in [5.74, 6) is -3.01. The van der Waals surface area contributed by atoms with Crippen LogP contribution in [0.25, 0.3) is 0 Å². The van der Waals surface area contributed by atoms with Crippen LogP contribution in [-0.4, -0.2) is 88.2 Å². The molecule has 5 rings (SSSR count). The predicted molar refractivity (Wildman–Crippen MR) is 177 cm³/mol. The average Bonchev–Trinajstić information content (AvgIpc) is 3.65. The molecule has 4 aliphatic rings. The number of amides is 3. The Bertz CT molecular complexity index is 1380. The first-order valence-corrected chi connectivity index (χ1v) is 17.0. The minimum Gasteiger partial charge on any atom is -0.463 e. The molecule has 1 aromatic rings. The van der Waals surface area contributed by atoms with Gasteiger partial charge >= 0.3 is 5.97 Å². The number of esters is 1. The van der Waals surface area contributed by atoms with Crippen molar-refractivity contribution in [1.29, 1.82) is 0 Å². The number of nitrogens with one attached hydrogen (secondary N) is 1. The maximum absolute atomic E-state index is 15.0. The third kappa shape index (κ3) is 7.18. The van der Waals surface area contributed by atoms with Crippen molar-refractivity contribution in [3.05, 3.63) is 60.2 Å². The van der Waals surface area contributed by atoms with Gasteiger partial charge in [0.15, 0.2) is 0 Å². The summed E-state index contributed by atoms with van der Waals surface area (Å²) < 4.78 is 12.3. The molecule has 0 unspecified atom stereocenters. The summed E-state index contributed by atoms with van der Waals surface area (Å²) in [6, 6.07) is 7.72. The van der Waals surface area contributed by atoms with Gasteiger partial charge in [-0.3, -0.25) is 19.2 Å². The Morgan fingerprint density at radius 1 is 0.979 bits per heavy atom. The lowest BCUT2D eigenvalue weighted by molar-refractivity contribution is -0.152. The quantitative estimate of drug-likeness (QED) is 0.247. The normalized spacial score (nSPS) is 30.8. The Morgan fingerprint density at radius 3 is 2.43 bits per heavy atom. The van der Waals surface area contributed by atoms with Gasteiger partial charge in [-0.05, 0) is 56.9 Å². The van der Waals surface area contributed by atoms with E-state index in [2.05, 4.69) is 26.1 Å².